The molecule has 0 spiro atoms. The van der Waals surface area contributed by atoms with Crippen LogP contribution in [0.4, 0.5) is 0 Å². The predicted octanol–water partition coefficient (Wildman–Crippen LogP) is 4.11. The summed E-state index contributed by atoms with van der Waals surface area (Å²) in [4.78, 5) is 0. The summed E-state index contributed by atoms with van der Waals surface area (Å²) in [6.07, 6.45) is 0. The molecular weight excluding hydrogens is 318 g/mol. The summed E-state index contributed by atoms with van der Waals surface area (Å²) >= 11 is 3.48. The van der Waals surface area contributed by atoms with Crippen molar-refractivity contribution in [3.63, 3.8) is 0 Å². The van der Waals surface area contributed by atoms with Crippen LogP contribution in [-0.4, -0.2) is 14.2 Å². The minimum Gasteiger partial charge on any atom is -0.457 e. The van der Waals surface area contributed by atoms with Crippen LogP contribution in [0.3, 0.4) is 0 Å². The highest BCUT2D eigenvalue weighted by molar-refractivity contribution is 9.10. The molecule has 0 atom stereocenters. The third-order valence-electron chi connectivity index (χ3n) is 2.83. The molecule has 0 aliphatic carbocycles. The molecule has 2 rings (SSSR count). The summed E-state index contributed by atoms with van der Waals surface area (Å²) in [5, 5.41) is 3.15. The third kappa shape index (κ3) is 4.07. The number of benzene rings is 2. The Balaban J connectivity index is 2.22. The van der Waals surface area contributed by atoms with Gasteiger partial charge in [-0.2, -0.15) is 0 Å². The predicted molar refractivity (Wildman–Crippen MR) is 84.1 cm³/mol. The first kappa shape index (κ1) is 15.0. The number of ether oxygens (including phenoxy) is 2. The second-order valence-corrected chi connectivity index (χ2v) is 5.38. The zero-order valence-electron chi connectivity index (χ0n) is 11.7. The van der Waals surface area contributed by atoms with Gasteiger partial charge in [0.05, 0.1) is 6.61 Å². The Bertz CT molecular complexity index is 572. The van der Waals surface area contributed by atoms with Crippen molar-refractivity contribution in [3.8, 4) is 11.5 Å². The van der Waals surface area contributed by atoms with E-state index in [1.165, 1.54) is 0 Å². The molecule has 106 valence electrons. The van der Waals surface area contributed by atoms with Gasteiger partial charge in [-0.15, -0.1) is 0 Å². The normalized spacial score (nSPS) is 10.6. The minimum absolute atomic E-state index is 0.584. The van der Waals surface area contributed by atoms with Crippen LogP contribution in [-0.2, 0) is 17.9 Å². The van der Waals surface area contributed by atoms with E-state index >= 15 is 0 Å². The molecule has 0 aliphatic heterocycles. The largest absolute Gasteiger partial charge is 0.457 e. The van der Waals surface area contributed by atoms with Gasteiger partial charge in [-0.3, -0.25) is 0 Å². The standard InChI is InChI=1S/C16H18BrNO2/c1-18-10-13-9-14(17)6-7-16(13)20-15-5-3-4-12(8-15)11-19-2/h3-9,18H,10-11H2,1-2H3. The molecule has 0 aliphatic rings. The summed E-state index contributed by atoms with van der Waals surface area (Å²) in [5.74, 6) is 1.68. The second-order valence-electron chi connectivity index (χ2n) is 4.46. The van der Waals surface area contributed by atoms with Crippen molar-refractivity contribution in [1.82, 2.24) is 5.32 Å². The number of rotatable bonds is 6. The number of hydrogen-bond donors (Lipinski definition) is 1. The van der Waals surface area contributed by atoms with Crippen LogP contribution in [0.1, 0.15) is 11.1 Å². The van der Waals surface area contributed by atoms with Crippen LogP contribution in [0.15, 0.2) is 46.9 Å². The Labute approximate surface area is 128 Å². The van der Waals surface area contributed by atoms with Crippen molar-refractivity contribution >= 4 is 15.9 Å². The monoisotopic (exact) mass is 335 g/mol. The average molecular weight is 336 g/mol. The molecule has 20 heavy (non-hydrogen) atoms. The van der Waals surface area contributed by atoms with Crippen molar-refractivity contribution in [2.75, 3.05) is 14.2 Å². The lowest BCUT2D eigenvalue weighted by Gasteiger charge is -2.12. The molecule has 4 heteroatoms. The number of nitrogens with one attached hydrogen (secondary N) is 1. The Morgan fingerprint density at radius 1 is 1.15 bits per heavy atom. The van der Waals surface area contributed by atoms with E-state index in [1.807, 2.05) is 43.4 Å². The number of halogens is 1. The molecule has 0 heterocycles. The van der Waals surface area contributed by atoms with Gasteiger partial charge in [-0.1, -0.05) is 28.1 Å². The van der Waals surface area contributed by atoms with Crippen molar-refractivity contribution < 1.29 is 9.47 Å². The molecule has 0 saturated heterocycles. The maximum absolute atomic E-state index is 5.99. The molecule has 1 N–H and O–H groups in total. The van der Waals surface area contributed by atoms with E-state index in [1.54, 1.807) is 7.11 Å². The molecule has 2 aromatic rings. The van der Waals surface area contributed by atoms with Gasteiger partial charge in [-0.05, 0) is 42.9 Å². The van der Waals surface area contributed by atoms with Gasteiger partial charge in [0.2, 0.25) is 0 Å². The van der Waals surface area contributed by atoms with Crippen LogP contribution >= 0.6 is 15.9 Å². The van der Waals surface area contributed by atoms with E-state index in [4.69, 9.17) is 9.47 Å². The number of methoxy groups -OCH3 is 1. The minimum atomic E-state index is 0.584. The number of hydrogen-bond acceptors (Lipinski definition) is 3. The zero-order chi connectivity index (χ0) is 14.4. The van der Waals surface area contributed by atoms with E-state index in [9.17, 15) is 0 Å². The fraction of sp³-hybridized carbons (Fsp3) is 0.250. The van der Waals surface area contributed by atoms with E-state index in [0.717, 1.165) is 33.6 Å². The first-order valence-electron chi connectivity index (χ1n) is 6.41. The topological polar surface area (TPSA) is 30.5 Å². The van der Waals surface area contributed by atoms with Gasteiger partial charge in [0.1, 0.15) is 11.5 Å². The van der Waals surface area contributed by atoms with E-state index < -0.39 is 0 Å². The van der Waals surface area contributed by atoms with Gasteiger partial charge in [-0.25, -0.2) is 0 Å². The smallest absolute Gasteiger partial charge is 0.131 e. The maximum atomic E-state index is 5.99. The van der Waals surface area contributed by atoms with Crippen LogP contribution in [0.2, 0.25) is 0 Å². The fourth-order valence-corrected chi connectivity index (χ4v) is 2.38. The van der Waals surface area contributed by atoms with Crippen LogP contribution < -0.4 is 10.1 Å². The summed E-state index contributed by atoms with van der Waals surface area (Å²) in [6, 6.07) is 13.9. The van der Waals surface area contributed by atoms with Gasteiger partial charge < -0.3 is 14.8 Å². The lowest BCUT2D eigenvalue weighted by atomic mass is 10.2. The highest BCUT2D eigenvalue weighted by atomic mass is 79.9. The molecule has 0 saturated carbocycles. The molecule has 0 radical (unpaired) electrons. The summed E-state index contributed by atoms with van der Waals surface area (Å²) < 4.78 is 12.2. The highest BCUT2D eigenvalue weighted by Crippen LogP contribution is 2.28. The Morgan fingerprint density at radius 3 is 2.75 bits per heavy atom. The zero-order valence-corrected chi connectivity index (χ0v) is 13.2. The summed E-state index contributed by atoms with van der Waals surface area (Å²) in [7, 11) is 3.61. The molecular formula is C16H18BrNO2. The Morgan fingerprint density at radius 2 is 2.00 bits per heavy atom. The molecule has 0 bridgehead atoms. The SMILES string of the molecule is CNCc1cc(Br)ccc1Oc1cccc(COC)c1. The average Bonchev–Trinajstić information content (AvgIpc) is 2.43. The van der Waals surface area contributed by atoms with E-state index in [0.29, 0.717) is 6.61 Å². The van der Waals surface area contributed by atoms with E-state index in [-0.39, 0.29) is 0 Å². The van der Waals surface area contributed by atoms with Gasteiger partial charge in [0.15, 0.2) is 0 Å². The Hall–Kier alpha value is -1.36. The lowest BCUT2D eigenvalue weighted by Crippen LogP contribution is -2.06. The van der Waals surface area contributed by atoms with Gasteiger partial charge in [0, 0.05) is 23.7 Å². The first-order chi connectivity index (χ1) is 9.72. The Kier molecular flexibility index (Phi) is 5.59. The summed E-state index contributed by atoms with van der Waals surface area (Å²) in [6.45, 7) is 1.34. The third-order valence-corrected chi connectivity index (χ3v) is 3.32. The van der Waals surface area contributed by atoms with Crippen molar-refractivity contribution in [2.24, 2.45) is 0 Å². The molecule has 0 aromatic heterocycles. The summed E-state index contributed by atoms with van der Waals surface area (Å²) in [5.41, 5.74) is 2.20. The van der Waals surface area contributed by atoms with Crippen LogP contribution in [0, 0.1) is 0 Å². The first-order valence-corrected chi connectivity index (χ1v) is 7.21. The second kappa shape index (κ2) is 7.43. The molecule has 3 nitrogen and oxygen atoms in total. The van der Waals surface area contributed by atoms with Crippen LogP contribution in [0.5, 0.6) is 11.5 Å². The molecule has 0 unspecified atom stereocenters. The lowest BCUT2D eigenvalue weighted by molar-refractivity contribution is 0.184. The van der Waals surface area contributed by atoms with Gasteiger partial charge >= 0.3 is 0 Å². The van der Waals surface area contributed by atoms with Crippen molar-refractivity contribution in [1.29, 1.82) is 0 Å². The molecule has 0 fully saturated rings. The maximum Gasteiger partial charge on any atom is 0.131 e. The van der Waals surface area contributed by atoms with Crippen molar-refractivity contribution in [2.45, 2.75) is 13.2 Å². The van der Waals surface area contributed by atoms with Crippen molar-refractivity contribution in [3.05, 3.63) is 58.1 Å². The quantitative estimate of drug-likeness (QED) is 0.861. The molecule has 0 amide bonds. The van der Waals surface area contributed by atoms with E-state index in [2.05, 4.69) is 27.3 Å². The molecule has 2 aromatic carbocycles. The van der Waals surface area contributed by atoms with Gasteiger partial charge in [0.25, 0.3) is 0 Å². The fourth-order valence-electron chi connectivity index (χ4n) is 1.97. The van der Waals surface area contributed by atoms with Crippen LogP contribution in [0.25, 0.3) is 0 Å². The highest BCUT2D eigenvalue weighted by Gasteiger charge is 2.06.